The van der Waals surface area contributed by atoms with Crippen molar-refractivity contribution >= 4 is 22.9 Å². The van der Waals surface area contributed by atoms with Crippen molar-refractivity contribution in [2.75, 3.05) is 45.0 Å². The lowest BCUT2D eigenvalue weighted by molar-refractivity contribution is 0.0890. The molecule has 5 rings (SSSR count). The lowest BCUT2D eigenvalue weighted by Crippen LogP contribution is -2.52. The van der Waals surface area contributed by atoms with Gasteiger partial charge in [-0.15, -0.1) is 11.3 Å². The van der Waals surface area contributed by atoms with E-state index in [2.05, 4.69) is 51.7 Å². The standard InChI is InChI=1S/C26H29N3O4S/c1-18(27-26(30)19-5-10-22-23(16-19)33-17-32-22)25(24-4-3-15-34-24)29-13-11-28(12-14-29)20-6-8-21(31-2)9-7-20/h3-10,15-16,18,25H,11-14,17H2,1-2H3,(H,27,30)/t18-,25+/m0/s1. The van der Waals surface area contributed by atoms with Crippen LogP contribution in [-0.2, 0) is 0 Å². The van der Waals surface area contributed by atoms with Gasteiger partial charge in [0.15, 0.2) is 11.5 Å². The van der Waals surface area contributed by atoms with E-state index in [1.54, 1.807) is 36.6 Å². The number of rotatable bonds is 7. The van der Waals surface area contributed by atoms with Gasteiger partial charge in [-0.3, -0.25) is 9.69 Å². The summed E-state index contributed by atoms with van der Waals surface area (Å²) in [4.78, 5) is 19.2. The fraction of sp³-hybridized carbons (Fsp3) is 0.346. The van der Waals surface area contributed by atoms with Crippen LogP contribution in [0.4, 0.5) is 5.69 Å². The SMILES string of the molecule is COc1ccc(N2CCN([C@@H](c3cccs3)[C@H](C)NC(=O)c3ccc4c(c3)OCO4)CC2)cc1. The van der Waals surface area contributed by atoms with Crippen LogP contribution < -0.4 is 24.4 Å². The minimum absolute atomic E-state index is 0.0656. The molecule has 3 heterocycles. The Morgan fingerprint density at radius 2 is 1.79 bits per heavy atom. The lowest BCUT2D eigenvalue weighted by Gasteiger charge is -2.42. The summed E-state index contributed by atoms with van der Waals surface area (Å²) >= 11 is 1.74. The average molecular weight is 480 g/mol. The van der Waals surface area contributed by atoms with Crippen molar-refractivity contribution in [2.24, 2.45) is 0 Å². The molecular formula is C26H29N3O4S. The second-order valence-corrected chi connectivity index (χ2v) is 9.49. The Morgan fingerprint density at radius 1 is 1.03 bits per heavy atom. The minimum atomic E-state index is -0.107. The van der Waals surface area contributed by atoms with Gasteiger partial charge >= 0.3 is 0 Å². The smallest absolute Gasteiger partial charge is 0.251 e. The highest BCUT2D eigenvalue weighted by Crippen LogP contribution is 2.33. The van der Waals surface area contributed by atoms with Crippen molar-refractivity contribution in [3.05, 3.63) is 70.4 Å². The molecule has 2 atom stereocenters. The zero-order chi connectivity index (χ0) is 23.5. The number of piperazine rings is 1. The second kappa shape index (κ2) is 9.95. The van der Waals surface area contributed by atoms with Crippen molar-refractivity contribution < 1.29 is 19.0 Å². The minimum Gasteiger partial charge on any atom is -0.497 e. The number of nitrogens with zero attached hydrogens (tertiary/aromatic N) is 2. The molecule has 2 aliphatic rings. The van der Waals surface area contributed by atoms with E-state index in [9.17, 15) is 4.79 Å². The first-order valence-corrected chi connectivity index (χ1v) is 12.4. The van der Waals surface area contributed by atoms with Crippen LogP contribution in [0.1, 0.15) is 28.2 Å². The van der Waals surface area contributed by atoms with E-state index >= 15 is 0 Å². The molecule has 0 spiro atoms. The molecule has 3 aromatic rings. The van der Waals surface area contributed by atoms with Gasteiger partial charge in [0.25, 0.3) is 5.91 Å². The predicted octanol–water partition coefficient (Wildman–Crippen LogP) is 4.17. The van der Waals surface area contributed by atoms with E-state index in [4.69, 9.17) is 14.2 Å². The van der Waals surface area contributed by atoms with E-state index in [-0.39, 0.29) is 24.8 Å². The number of hydrogen-bond donors (Lipinski definition) is 1. The quantitative estimate of drug-likeness (QED) is 0.549. The number of benzene rings is 2. The van der Waals surface area contributed by atoms with Crippen LogP contribution in [0.2, 0.25) is 0 Å². The van der Waals surface area contributed by atoms with Crippen LogP contribution in [0.25, 0.3) is 0 Å². The largest absolute Gasteiger partial charge is 0.497 e. The fourth-order valence-electron chi connectivity index (χ4n) is 4.66. The van der Waals surface area contributed by atoms with Crippen molar-refractivity contribution in [3.63, 3.8) is 0 Å². The molecule has 0 unspecified atom stereocenters. The predicted molar refractivity (Wildman–Crippen MR) is 133 cm³/mol. The molecule has 178 valence electrons. The summed E-state index contributed by atoms with van der Waals surface area (Å²) in [5, 5.41) is 5.33. The normalized spacial score (nSPS) is 17.3. The molecule has 2 aliphatic heterocycles. The summed E-state index contributed by atoms with van der Waals surface area (Å²) < 4.78 is 16.1. The zero-order valence-corrected chi connectivity index (χ0v) is 20.2. The Kier molecular flexibility index (Phi) is 6.60. The summed E-state index contributed by atoms with van der Waals surface area (Å²) in [5.41, 5.74) is 1.78. The number of amides is 1. The molecule has 1 N–H and O–H groups in total. The zero-order valence-electron chi connectivity index (χ0n) is 19.4. The number of methoxy groups -OCH3 is 1. The van der Waals surface area contributed by atoms with Gasteiger partial charge < -0.3 is 24.4 Å². The highest BCUT2D eigenvalue weighted by Gasteiger charge is 2.31. The first-order chi connectivity index (χ1) is 16.6. The third-order valence-corrected chi connectivity index (χ3v) is 7.39. The number of nitrogens with one attached hydrogen (secondary N) is 1. The molecule has 34 heavy (non-hydrogen) atoms. The first kappa shape index (κ1) is 22.6. The number of carbonyl (C=O) groups is 1. The van der Waals surface area contributed by atoms with Crippen molar-refractivity contribution in [3.8, 4) is 17.2 Å². The maximum absolute atomic E-state index is 13.1. The van der Waals surface area contributed by atoms with Gasteiger partial charge in [-0.05, 0) is 60.8 Å². The van der Waals surface area contributed by atoms with Crippen molar-refractivity contribution in [1.82, 2.24) is 10.2 Å². The average Bonchev–Trinajstić information content (AvgIpc) is 3.56. The topological polar surface area (TPSA) is 63.3 Å². The van der Waals surface area contributed by atoms with Crippen LogP contribution >= 0.6 is 11.3 Å². The van der Waals surface area contributed by atoms with E-state index in [1.165, 1.54) is 10.6 Å². The maximum atomic E-state index is 13.1. The van der Waals surface area contributed by atoms with Crippen LogP contribution in [0.5, 0.6) is 17.2 Å². The Balaban J connectivity index is 1.27. The van der Waals surface area contributed by atoms with Gasteiger partial charge in [-0.25, -0.2) is 0 Å². The summed E-state index contributed by atoms with van der Waals surface area (Å²) in [6, 6.07) is 17.8. The van der Waals surface area contributed by atoms with Gasteiger partial charge in [-0.1, -0.05) is 6.07 Å². The molecule has 2 aromatic carbocycles. The Morgan fingerprint density at radius 3 is 2.50 bits per heavy atom. The number of thiophene rings is 1. The molecule has 8 heteroatoms. The summed E-state index contributed by atoms with van der Waals surface area (Å²) in [6.45, 7) is 5.97. The van der Waals surface area contributed by atoms with E-state index in [0.717, 1.165) is 31.9 Å². The van der Waals surface area contributed by atoms with E-state index in [1.807, 2.05) is 12.1 Å². The second-order valence-electron chi connectivity index (χ2n) is 8.51. The Bertz CT molecular complexity index is 1110. The third kappa shape index (κ3) is 4.69. The number of ether oxygens (including phenoxy) is 3. The van der Waals surface area contributed by atoms with Crippen LogP contribution in [0.15, 0.2) is 60.0 Å². The molecule has 7 nitrogen and oxygen atoms in total. The fourth-order valence-corrected chi connectivity index (χ4v) is 5.62. The summed E-state index contributed by atoms with van der Waals surface area (Å²) in [5.74, 6) is 2.05. The van der Waals surface area contributed by atoms with E-state index in [0.29, 0.717) is 17.1 Å². The van der Waals surface area contributed by atoms with Crippen LogP contribution in [0, 0.1) is 0 Å². The van der Waals surface area contributed by atoms with E-state index < -0.39 is 0 Å². The molecule has 1 saturated heterocycles. The number of fused-ring (bicyclic) bond motifs is 1. The molecule has 0 aliphatic carbocycles. The third-order valence-electron chi connectivity index (χ3n) is 6.45. The molecule has 1 amide bonds. The monoisotopic (exact) mass is 479 g/mol. The molecule has 0 bridgehead atoms. The molecule has 0 saturated carbocycles. The van der Waals surface area contributed by atoms with Gasteiger partial charge in [-0.2, -0.15) is 0 Å². The molecule has 1 aromatic heterocycles. The van der Waals surface area contributed by atoms with Gasteiger partial charge in [0, 0.05) is 48.3 Å². The molecular weight excluding hydrogens is 450 g/mol. The number of carbonyl (C=O) groups excluding carboxylic acids is 1. The van der Waals surface area contributed by atoms with Crippen molar-refractivity contribution in [1.29, 1.82) is 0 Å². The van der Waals surface area contributed by atoms with Gasteiger partial charge in [0.05, 0.1) is 13.2 Å². The van der Waals surface area contributed by atoms with Gasteiger partial charge in [0.2, 0.25) is 6.79 Å². The first-order valence-electron chi connectivity index (χ1n) is 11.5. The summed E-state index contributed by atoms with van der Waals surface area (Å²) in [6.07, 6.45) is 0. The van der Waals surface area contributed by atoms with Crippen LogP contribution in [-0.4, -0.2) is 56.9 Å². The molecule has 0 radical (unpaired) electrons. The highest BCUT2D eigenvalue weighted by atomic mass is 32.1. The maximum Gasteiger partial charge on any atom is 0.251 e. The Hall–Kier alpha value is -3.23. The Labute approximate surface area is 203 Å². The summed E-state index contributed by atoms with van der Waals surface area (Å²) in [7, 11) is 1.69. The van der Waals surface area contributed by atoms with Crippen LogP contribution in [0.3, 0.4) is 0 Å². The van der Waals surface area contributed by atoms with Gasteiger partial charge in [0.1, 0.15) is 5.75 Å². The number of anilines is 1. The molecule has 1 fully saturated rings. The highest BCUT2D eigenvalue weighted by molar-refractivity contribution is 7.10. The van der Waals surface area contributed by atoms with Crippen molar-refractivity contribution in [2.45, 2.75) is 19.0 Å². The lowest BCUT2D eigenvalue weighted by atomic mass is 10.0. The number of hydrogen-bond acceptors (Lipinski definition) is 7.